The standard InChI is InChI=1S/C14H21F3N4/c1-2-10(9-6-4-3-5-7-9)19-12-8-11(18)20-13(21-12)14(15,16)17/h8-10H,2-7H2,1H3,(H3,18,19,20,21). The van der Waals surface area contributed by atoms with E-state index in [0.29, 0.717) is 5.92 Å². The van der Waals surface area contributed by atoms with Gasteiger partial charge >= 0.3 is 6.18 Å². The molecule has 7 heteroatoms. The third-order valence-electron chi connectivity index (χ3n) is 3.99. The second-order valence-electron chi connectivity index (χ2n) is 5.56. The number of halogens is 3. The van der Waals surface area contributed by atoms with Crippen molar-refractivity contribution in [2.75, 3.05) is 11.1 Å². The molecule has 1 aliphatic rings. The molecule has 1 heterocycles. The molecule has 0 radical (unpaired) electrons. The molecule has 1 saturated carbocycles. The predicted molar refractivity (Wildman–Crippen MR) is 75.7 cm³/mol. The summed E-state index contributed by atoms with van der Waals surface area (Å²) in [6.45, 7) is 2.03. The van der Waals surface area contributed by atoms with Crippen LogP contribution in [-0.2, 0) is 6.18 Å². The van der Waals surface area contributed by atoms with Crippen LogP contribution < -0.4 is 11.1 Å². The van der Waals surface area contributed by atoms with Crippen LogP contribution in [0.25, 0.3) is 0 Å². The molecular formula is C14H21F3N4. The molecule has 0 bridgehead atoms. The summed E-state index contributed by atoms with van der Waals surface area (Å²) in [4.78, 5) is 6.81. The van der Waals surface area contributed by atoms with Crippen LogP contribution in [0, 0.1) is 5.92 Å². The lowest BCUT2D eigenvalue weighted by Gasteiger charge is -2.30. The average Bonchev–Trinajstić information content (AvgIpc) is 2.44. The molecule has 1 unspecified atom stereocenters. The first-order chi connectivity index (χ1) is 9.90. The van der Waals surface area contributed by atoms with Crippen LogP contribution in [0.2, 0.25) is 0 Å². The number of nitrogens with two attached hydrogens (primary N) is 1. The number of rotatable bonds is 4. The van der Waals surface area contributed by atoms with Crippen molar-refractivity contribution in [2.45, 2.75) is 57.7 Å². The maximum atomic E-state index is 12.7. The zero-order chi connectivity index (χ0) is 15.5. The van der Waals surface area contributed by atoms with E-state index in [1.165, 1.54) is 25.3 Å². The fourth-order valence-corrected chi connectivity index (χ4v) is 2.95. The highest BCUT2D eigenvalue weighted by molar-refractivity contribution is 5.45. The van der Waals surface area contributed by atoms with Crippen molar-refractivity contribution in [1.82, 2.24) is 9.97 Å². The summed E-state index contributed by atoms with van der Waals surface area (Å²) >= 11 is 0. The maximum Gasteiger partial charge on any atom is 0.451 e. The molecule has 4 nitrogen and oxygen atoms in total. The van der Waals surface area contributed by atoms with Crippen molar-refractivity contribution in [1.29, 1.82) is 0 Å². The van der Waals surface area contributed by atoms with Crippen LogP contribution in [0.5, 0.6) is 0 Å². The lowest BCUT2D eigenvalue weighted by atomic mass is 9.83. The Bertz CT molecular complexity index is 470. The highest BCUT2D eigenvalue weighted by atomic mass is 19.4. The van der Waals surface area contributed by atoms with Gasteiger partial charge in [0.25, 0.3) is 0 Å². The minimum absolute atomic E-state index is 0.126. The van der Waals surface area contributed by atoms with Crippen LogP contribution in [0.4, 0.5) is 24.8 Å². The Morgan fingerprint density at radius 2 is 1.95 bits per heavy atom. The van der Waals surface area contributed by atoms with Crippen molar-refractivity contribution >= 4 is 11.6 Å². The van der Waals surface area contributed by atoms with Crippen LogP contribution in [0.3, 0.4) is 0 Å². The van der Waals surface area contributed by atoms with Gasteiger partial charge in [-0.05, 0) is 25.2 Å². The molecule has 1 aliphatic carbocycles. The fourth-order valence-electron chi connectivity index (χ4n) is 2.95. The van der Waals surface area contributed by atoms with E-state index in [1.807, 2.05) is 6.92 Å². The molecular weight excluding hydrogens is 281 g/mol. The quantitative estimate of drug-likeness (QED) is 0.886. The number of alkyl halides is 3. The van der Waals surface area contributed by atoms with E-state index >= 15 is 0 Å². The number of nitrogens with one attached hydrogen (secondary N) is 1. The van der Waals surface area contributed by atoms with Crippen molar-refractivity contribution in [2.24, 2.45) is 5.92 Å². The molecule has 2 rings (SSSR count). The van der Waals surface area contributed by atoms with Crippen LogP contribution in [-0.4, -0.2) is 16.0 Å². The molecule has 0 aliphatic heterocycles. The van der Waals surface area contributed by atoms with Gasteiger partial charge in [0.15, 0.2) is 0 Å². The third-order valence-corrected chi connectivity index (χ3v) is 3.99. The zero-order valence-corrected chi connectivity index (χ0v) is 12.1. The van der Waals surface area contributed by atoms with Gasteiger partial charge in [-0.3, -0.25) is 0 Å². The molecule has 0 aromatic carbocycles. The number of nitrogen functional groups attached to an aromatic ring is 1. The summed E-state index contributed by atoms with van der Waals surface area (Å²) in [5.41, 5.74) is 5.46. The van der Waals surface area contributed by atoms with Gasteiger partial charge in [0.1, 0.15) is 11.6 Å². The lowest BCUT2D eigenvalue weighted by Crippen LogP contribution is -2.31. The fraction of sp³-hybridized carbons (Fsp3) is 0.714. The number of hydrogen-bond donors (Lipinski definition) is 2. The van der Waals surface area contributed by atoms with Crippen molar-refractivity contribution in [3.63, 3.8) is 0 Å². The van der Waals surface area contributed by atoms with Gasteiger partial charge in [0.2, 0.25) is 5.82 Å². The minimum Gasteiger partial charge on any atom is -0.384 e. The van der Waals surface area contributed by atoms with E-state index < -0.39 is 12.0 Å². The van der Waals surface area contributed by atoms with Gasteiger partial charge in [-0.2, -0.15) is 13.2 Å². The Labute approximate surface area is 122 Å². The van der Waals surface area contributed by atoms with E-state index in [-0.39, 0.29) is 17.7 Å². The number of hydrogen-bond acceptors (Lipinski definition) is 4. The molecule has 118 valence electrons. The largest absolute Gasteiger partial charge is 0.451 e. The lowest BCUT2D eigenvalue weighted by molar-refractivity contribution is -0.144. The maximum absolute atomic E-state index is 12.7. The normalized spacial score (nSPS) is 18.5. The van der Waals surface area contributed by atoms with E-state index in [4.69, 9.17) is 5.73 Å². The highest BCUT2D eigenvalue weighted by Gasteiger charge is 2.35. The average molecular weight is 302 g/mol. The molecule has 1 fully saturated rings. The van der Waals surface area contributed by atoms with Gasteiger partial charge in [-0.25, -0.2) is 9.97 Å². The molecule has 0 saturated heterocycles. The monoisotopic (exact) mass is 302 g/mol. The molecule has 21 heavy (non-hydrogen) atoms. The van der Waals surface area contributed by atoms with Crippen LogP contribution >= 0.6 is 0 Å². The van der Waals surface area contributed by atoms with Gasteiger partial charge in [0, 0.05) is 12.1 Å². The minimum atomic E-state index is -4.58. The Hall–Kier alpha value is -1.53. The summed E-state index contributed by atoms with van der Waals surface area (Å²) in [5, 5.41) is 3.12. The van der Waals surface area contributed by atoms with E-state index in [0.717, 1.165) is 19.3 Å². The third kappa shape index (κ3) is 4.22. The topological polar surface area (TPSA) is 63.8 Å². The SMILES string of the molecule is CCC(Nc1cc(N)nc(C(F)(F)F)n1)C1CCCCC1. The number of aromatic nitrogens is 2. The summed E-state index contributed by atoms with van der Waals surface area (Å²) in [6.07, 6.45) is 2.08. The second kappa shape index (κ2) is 6.49. The summed E-state index contributed by atoms with van der Waals surface area (Å²) < 4.78 is 38.1. The summed E-state index contributed by atoms with van der Waals surface area (Å²) in [5.74, 6) is -0.719. The number of anilines is 2. The predicted octanol–water partition coefficient (Wildman–Crippen LogP) is 3.85. The molecule has 3 N–H and O–H groups in total. The van der Waals surface area contributed by atoms with Crippen molar-refractivity contribution < 1.29 is 13.2 Å². The zero-order valence-electron chi connectivity index (χ0n) is 12.1. The van der Waals surface area contributed by atoms with Gasteiger partial charge < -0.3 is 11.1 Å². The van der Waals surface area contributed by atoms with E-state index in [9.17, 15) is 13.2 Å². The van der Waals surface area contributed by atoms with Crippen LogP contribution in [0.15, 0.2) is 6.07 Å². The summed E-state index contributed by atoms with van der Waals surface area (Å²) in [6, 6.07) is 1.49. The van der Waals surface area contributed by atoms with Gasteiger partial charge in [-0.15, -0.1) is 0 Å². The highest BCUT2D eigenvalue weighted by Crippen LogP contribution is 2.31. The second-order valence-corrected chi connectivity index (χ2v) is 5.56. The Morgan fingerprint density at radius 1 is 1.29 bits per heavy atom. The first-order valence-electron chi connectivity index (χ1n) is 7.38. The Morgan fingerprint density at radius 3 is 2.52 bits per heavy atom. The van der Waals surface area contributed by atoms with E-state index in [1.54, 1.807) is 0 Å². The molecule has 1 aromatic heterocycles. The van der Waals surface area contributed by atoms with Crippen molar-refractivity contribution in [3.05, 3.63) is 11.9 Å². The molecule has 1 atom stereocenters. The van der Waals surface area contributed by atoms with Crippen molar-refractivity contribution in [3.8, 4) is 0 Å². The Kier molecular flexibility index (Phi) is 4.90. The molecule has 0 spiro atoms. The summed E-state index contributed by atoms with van der Waals surface area (Å²) in [7, 11) is 0. The molecule has 1 aromatic rings. The molecule has 0 amide bonds. The van der Waals surface area contributed by atoms with Crippen LogP contribution in [0.1, 0.15) is 51.3 Å². The number of nitrogens with zero attached hydrogens (tertiary/aromatic N) is 2. The smallest absolute Gasteiger partial charge is 0.384 e. The Balaban J connectivity index is 2.15. The first kappa shape index (κ1) is 15.9. The first-order valence-corrected chi connectivity index (χ1v) is 7.38. The van der Waals surface area contributed by atoms with Gasteiger partial charge in [0.05, 0.1) is 0 Å². The van der Waals surface area contributed by atoms with E-state index in [2.05, 4.69) is 15.3 Å². The van der Waals surface area contributed by atoms with Gasteiger partial charge in [-0.1, -0.05) is 26.2 Å².